The van der Waals surface area contributed by atoms with Crippen molar-refractivity contribution in [1.82, 2.24) is 0 Å². The predicted octanol–water partition coefficient (Wildman–Crippen LogP) is 8.73. The standard InChI is InChI=1S/C49H57N3O10/c1-48(2)57-32-37-39(60-48)40(53-28-33-18-8-3-9-19-33)38(51-52-50)47(58-37)59-44-42(55-30-35-22-12-5-13-23-35)41(54-29-34-20-10-4-11-21-34)43(56-31-36-24-14-6-15-25-36)45-46(44)62-49(61-45)26-16-7-17-27-49/h3-6,8-15,18-25,37-47H,7,16-17,26-32H2,1-2H3/t37-,38-,39-,40-,41+,42+,43-,44-,45-,46+,47+/m1/s1. The number of hydrogen-bond acceptors (Lipinski definition) is 11. The maximum Gasteiger partial charge on any atom is 0.169 e. The Balaban J connectivity index is 1.11. The molecule has 62 heavy (non-hydrogen) atoms. The third-order valence-corrected chi connectivity index (χ3v) is 12.5. The third-order valence-electron chi connectivity index (χ3n) is 12.5. The molecule has 5 fully saturated rings. The van der Waals surface area contributed by atoms with Crippen molar-refractivity contribution in [1.29, 1.82) is 0 Å². The zero-order chi connectivity index (χ0) is 42.4. The molecule has 2 saturated carbocycles. The van der Waals surface area contributed by atoms with Crippen molar-refractivity contribution in [2.75, 3.05) is 6.61 Å². The molecular weight excluding hydrogens is 791 g/mol. The van der Waals surface area contributed by atoms with Crippen LogP contribution in [0.4, 0.5) is 0 Å². The summed E-state index contributed by atoms with van der Waals surface area (Å²) in [6, 6.07) is 39.0. The van der Waals surface area contributed by atoms with Crippen molar-refractivity contribution in [2.45, 2.75) is 151 Å². The lowest BCUT2D eigenvalue weighted by Crippen LogP contribution is -2.69. The van der Waals surface area contributed by atoms with Crippen LogP contribution >= 0.6 is 0 Å². The largest absolute Gasteiger partial charge is 0.370 e. The molecule has 3 aliphatic heterocycles. The summed E-state index contributed by atoms with van der Waals surface area (Å²) in [6.07, 6.45) is -2.90. The molecule has 0 bridgehead atoms. The summed E-state index contributed by atoms with van der Waals surface area (Å²) in [5.74, 6) is -1.77. The lowest BCUT2D eigenvalue weighted by Gasteiger charge is -2.52. The summed E-state index contributed by atoms with van der Waals surface area (Å²) in [7, 11) is 0. The number of azide groups is 1. The normalized spacial score (nSPS) is 32.3. The highest BCUT2D eigenvalue weighted by Crippen LogP contribution is 2.49. The number of hydrogen-bond donors (Lipinski definition) is 0. The number of rotatable bonds is 15. The van der Waals surface area contributed by atoms with Crippen molar-refractivity contribution >= 4 is 0 Å². The second kappa shape index (κ2) is 19.7. The van der Waals surface area contributed by atoms with E-state index in [1.165, 1.54) is 0 Å². The smallest absolute Gasteiger partial charge is 0.169 e. The van der Waals surface area contributed by atoms with Gasteiger partial charge in [-0.15, -0.1) is 0 Å². The first-order valence-electron chi connectivity index (χ1n) is 22.0. The molecule has 1 spiro atoms. The second-order valence-corrected chi connectivity index (χ2v) is 17.3. The van der Waals surface area contributed by atoms with E-state index in [-0.39, 0.29) is 26.4 Å². The highest BCUT2D eigenvalue weighted by Gasteiger charge is 2.64. The number of benzene rings is 4. The van der Waals surface area contributed by atoms with Gasteiger partial charge in [0.15, 0.2) is 17.9 Å². The van der Waals surface area contributed by atoms with Crippen LogP contribution in [0.25, 0.3) is 10.4 Å². The predicted molar refractivity (Wildman–Crippen MR) is 227 cm³/mol. The van der Waals surface area contributed by atoms with Crippen molar-refractivity contribution in [2.24, 2.45) is 5.11 Å². The van der Waals surface area contributed by atoms with Crippen LogP contribution in [0, 0.1) is 0 Å². The molecule has 0 radical (unpaired) electrons. The second-order valence-electron chi connectivity index (χ2n) is 17.3. The van der Waals surface area contributed by atoms with Crippen LogP contribution in [-0.4, -0.2) is 85.4 Å². The Morgan fingerprint density at radius 3 is 1.52 bits per heavy atom. The molecule has 5 aliphatic rings. The molecule has 0 unspecified atom stereocenters. The summed E-state index contributed by atoms with van der Waals surface area (Å²) < 4.78 is 68.7. The Bertz CT molecular complexity index is 2050. The van der Waals surface area contributed by atoms with Gasteiger partial charge < -0.3 is 47.4 Å². The van der Waals surface area contributed by atoms with Gasteiger partial charge in [-0.25, -0.2) is 0 Å². The van der Waals surface area contributed by atoms with Gasteiger partial charge >= 0.3 is 0 Å². The lowest BCUT2D eigenvalue weighted by atomic mass is 9.83. The van der Waals surface area contributed by atoms with E-state index in [0.29, 0.717) is 6.61 Å². The maximum absolute atomic E-state index is 10.2. The zero-order valence-electron chi connectivity index (χ0n) is 35.4. The molecule has 13 heteroatoms. The van der Waals surface area contributed by atoms with E-state index in [9.17, 15) is 5.53 Å². The first kappa shape index (κ1) is 43.1. The molecule has 9 rings (SSSR count). The van der Waals surface area contributed by atoms with Gasteiger partial charge in [0.25, 0.3) is 0 Å². The van der Waals surface area contributed by atoms with Crippen LogP contribution in [0.3, 0.4) is 0 Å². The number of fused-ring (bicyclic) bond motifs is 2. The molecule has 3 heterocycles. The van der Waals surface area contributed by atoms with Crippen molar-refractivity contribution in [3.05, 3.63) is 154 Å². The van der Waals surface area contributed by atoms with Crippen molar-refractivity contribution < 1.29 is 47.4 Å². The van der Waals surface area contributed by atoms with E-state index < -0.39 is 78.8 Å². The van der Waals surface area contributed by atoms with Gasteiger partial charge in [0.05, 0.1) is 33.0 Å². The molecule has 328 valence electrons. The summed E-state index contributed by atoms with van der Waals surface area (Å²) in [6.45, 7) is 5.00. The highest BCUT2D eigenvalue weighted by molar-refractivity contribution is 5.18. The zero-order valence-corrected chi connectivity index (χ0v) is 35.4. The summed E-state index contributed by atoms with van der Waals surface area (Å²) >= 11 is 0. The van der Waals surface area contributed by atoms with E-state index in [2.05, 4.69) is 10.0 Å². The molecule has 0 N–H and O–H groups in total. The van der Waals surface area contributed by atoms with E-state index in [1.807, 2.05) is 135 Å². The van der Waals surface area contributed by atoms with Crippen molar-refractivity contribution in [3.8, 4) is 0 Å². The third kappa shape index (κ3) is 9.94. The molecule has 13 nitrogen and oxygen atoms in total. The van der Waals surface area contributed by atoms with Gasteiger partial charge in [0.1, 0.15) is 61.0 Å². The molecule has 3 saturated heterocycles. The van der Waals surface area contributed by atoms with E-state index in [4.69, 9.17) is 47.4 Å². The van der Waals surface area contributed by atoms with Gasteiger partial charge in [-0.1, -0.05) is 133 Å². The molecule has 4 aromatic rings. The van der Waals surface area contributed by atoms with Crippen molar-refractivity contribution in [3.63, 3.8) is 0 Å². The minimum atomic E-state index is -1.13. The Hall–Kier alpha value is -4.21. The van der Waals surface area contributed by atoms with E-state index in [1.54, 1.807) is 0 Å². The Morgan fingerprint density at radius 1 is 0.565 bits per heavy atom. The Morgan fingerprint density at radius 2 is 1.02 bits per heavy atom. The Labute approximate surface area is 363 Å². The van der Waals surface area contributed by atoms with E-state index >= 15 is 0 Å². The fourth-order valence-electron chi connectivity index (χ4n) is 9.48. The van der Waals surface area contributed by atoms with Crippen LogP contribution in [0.1, 0.15) is 68.2 Å². The van der Waals surface area contributed by atoms with Crippen LogP contribution < -0.4 is 0 Å². The van der Waals surface area contributed by atoms with Crippen LogP contribution in [0.15, 0.2) is 126 Å². The topological polar surface area (TPSA) is 141 Å². The molecule has 0 amide bonds. The Kier molecular flexibility index (Phi) is 13.7. The molecule has 4 aromatic carbocycles. The van der Waals surface area contributed by atoms with Gasteiger partial charge in [0.2, 0.25) is 0 Å². The first-order valence-corrected chi connectivity index (χ1v) is 22.0. The van der Waals surface area contributed by atoms with Gasteiger partial charge in [-0.2, -0.15) is 0 Å². The van der Waals surface area contributed by atoms with Gasteiger partial charge in [-0.05, 0) is 54.5 Å². The van der Waals surface area contributed by atoms with Crippen LogP contribution in [-0.2, 0) is 73.8 Å². The average Bonchev–Trinajstić information content (AvgIpc) is 3.66. The molecule has 11 atom stereocenters. The van der Waals surface area contributed by atoms with Crippen LogP contribution in [0.5, 0.6) is 0 Å². The minimum Gasteiger partial charge on any atom is -0.370 e. The molecule has 0 aromatic heterocycles. The SMILES string of the molecule is CC1(C)OC[C@H]2O[C@@H](O[C@@H]3[C@@H](OCc4ccccc4)[C@H](OCc4ccccc4)[C@@H](OCc4ccccc4)[C@H]4OC5(CCCCC5)O[C@@H]34)[C@H](N=[N+]=[N-])[C@@H](OCc3ccccc3)[C@@H]2O1. The highest BCUT2D eigenvalue weighted by atomic mass is 16.8. The maximum atomic E-state index is 10.2. The first-order chi connectivity index (χ1) is 30.4. The summed E-state index contributed by atoms with van der Waals surface area (Å²) in [5.41, 5.74) is 14.1. The minimum absolute atomic E-state index is 0.206. The average molecular weight is 848 g/mol. The quantitative estimate of drug-likeness (QED) is 0.0648. The fraction of sp³-hybridized carbons (Fsp3) is 0.510. The molecular formula is C49H57N3O10. The lowest BCUT2D eigenvalue weighted by molar-refractivity contribution is -0.382. The molecule has 2 aliphatic carbocycles. The number of ether oxygens (including phenoxy) is 10. The van der Waals surface area contributed by atoms with E-state index in [0.717, 1.165) is 54.4 Å². The van der Waals surface area contributed by atoms with Crippen LogP contribution in [0.2, 0.25) is 0 Å². The van der Waals surface area contributed by atoms with Gasteiger partial charge in [0, 0.05) is 17.8 Å². The fourth-order valence-corrected chi connectivity index (χ4v) is 9.48. The number of nitrogens with zero attached hydrogens (tertiary/aromatic N) is 3. The monoisotopic (exact) mass is 847 g/mol. The van der Waals surface area contributed by atoms with Gasteiger partial charge in [-0.3, -0.25) is 0 Å². The summed E-state index contributed by atoms with van der Waals surface area (Å²) in [5, 5.41) is 4.34. The summed E-state index contributed by atoms with van der Waals surface area (Å²) in [4.78, 5) is 3.32.